The Labute approximate surface area is 114 Å². The van der Waals surface area contributed by atoms with Crippen LogP contribution in [0.3, 0.4) is 0 Å². The molecule has 104 valence electrons. The van der Waals surface area contributed by atoms with E-state index in [1.165, 1.54) is 5.56 Å². The highest BCUT2D eigenvalue weighted by molar-refractivity contribution is 5.84. The standard InChI is InChI=1S/C16H22O3/c1-15(2,19-3)9-8-12-4-6-13(7-5-12)16(10-11-16)14(17)18/h4-7H,8-11H2,1-3H3,(H,17,18). The SMILES string of the molecule is COC(C)(C)CCc1ccc(C2(C(=O)O)CC2)cc1. The van der Waals surface area contributed by atoms with Crippen LogP contribution in [0.1, 0.15) is 44.2 Å². The van der Waals surface area contributed by atoms with Crippen LogP contribution in [-0.2, 0) is 21.4 Å². The number of ether oxygens (including phenoxy) is 1. The zero-order valence-corrected chi connectivity index (χ0v) is 11.9. The fraction of sp³-hybridized carbons (Fsp3) is 0.562. The van der Waals surface area contributed by atoms with Gasteiger partial charge < -0.3 is 9.84 Å². The summed E-state index contributed by atoms with van der Waals surface area (Å²) in [5.74, 6) is -0.694. The molecule has 1 N–H and O–H groups in total. The van der Waals surface area contributed by atoms with Crippen LogP contribution >= 0.6 is 0 Å². The molecule has 19 heavy (non-hydrogen) atoms. The Morgan fingerprint density at radius 3 is 2.32 bits per heavy atom. The minimum atomic E-state index is -0.694. The number of methoxy groups -OCH3 is 1. The first kappa shape index (κ1) is 14.1. The summed E-state index contributed by atoms with van der Waals surface area (Å²) in [5, 5.41) is 9.25. The van der Waals surface area contributed by atoms with Gasteiger partial charge in [-0.2, -0.15) is 0 Å². The molecule has 0 saturated heterocycles. The van der Waals surface area contributed by atoms with Crippen molar-refractivity contribution in [2.24, 2.45) is 0 Å². The monoisotopic (exact) mass is 262 g/mol. The number of benzene rings is 1. The van der Waals surface area contributed by atoms with Crippen LogP contribution in [0.2, 0.25) is 0 Å². The molecule has 1 saturated carbocycles. The van der Waals surface area contributed by atoms with Gasteiger partial charge in [-0.25, -0.2) is 0 Å². The maximum absolute atomic E-state index is 11.2. The number of hydrogen-bond acceptors (Lipinski definition) is 2. The average Bonchev–Trinajstić information content (AvgIpc) is 3.19. The quantitative estimate of drug-likeness (QED) is 0.856. The molecule has 0 amide bonds. The Morgan fingerprint density at radius 2 is 1.89 bits per heavy atom. The topological polar surface area (TPSA) is 46.5 Å². The number of hydrogen-bond donors (Lipinski definition) is 1. The van der Waals surface area contributed by atoms with Gasteiger partial charge in [-0.3, -0.25) is 4.79 Å². The molecule has 1 aromatic carbocycles. The molecule has 0 atom stereocenters. The molecule has 1 fully saturated rings. The lowest BCUT2D eigenvalue weighted by atomic mass is 9.93. The van der Waals surface area contributed by atoms with Gasteiger partial charge in [-0.05, 0) is 50.7 Å². The van der Waals surface area contributed by atoms with Crippen molar-refractivity contribution >= 4 is 5.97 Å². The first-order chi connectivity index (χ1) is 8.89. The number of carboxylic acids is 1. The maximum Gasteiger partial charge on any atom is 0.314 e. The van der Waals surface area contributed by atoms with Crippen LogP contribution in [0.4, 0.5) is 0 Å². The van der Waals surface area contributed by atoms with Gasteiger partial charge in [-0.15, -0.1) is 0 Å². The third kappa shape index (κ3) is 2.98. The first-order valence-corrected chi connectivity index (χ1v) is 6.78. The fourth-order valence-corrected chi connectivity index (χ4v) is 2.29. The molecule has 0 bridgehead atoms. The van der Waals surface area contributed by atoms with Gasteiger partial charge in [0.1, 0.15) is 0 Å². The number of carboxylic acid groups (broad SMARTS) is 1. The molecule has 0 heterocycles. The molecule has 0 aliphatic heterocycles. The zero-order chi connectivity index (χ0) is 14.1. The van der Waals surface area contributed by atoms with Gasteiger partial charge in [0.15, 0.2) is 0 Å². The minimum absolute atomic E-state index is 0.114. The lowest BCUT2D eigenvalue weighted by Crippen LogP contribution is -2.23. The highest BCUT2D eigenvalue weighted by Crippen LogP contribution is 2.48. The van der Waals surface area contributed by atoms with Crippen LogP contribution in [0, 0.1) is 0 Å². The second kappa shape index (κ2) is 4.97. The van der Waals surface area contributed by atoms with Gasteiger partial charge in [-0.1, -0.05) is 24.3 Å². The summed E-state index contributed by atoms with van der Waals surface area (Å²) < 4.78 is 5.40. The average molecular weight is 262 g/mol. The van der Waals surface area contributed by atoms with Crippen molar-refractivity contribution in [3.8, 4) is 0 Å². The second-order valence-electron chi connectivity index (χ2n) is 6.05. The molecule has 0 unspecified atom stereocenters. The summed E-state index contributed by atoms with van der Waals surface area (Å²) in [6, 6.07) is 8.03. The zero-order valence-electron chi connectivity index (χ0n) is 11.9. The van der Waals surface area contributed by atoms with E-state index in [2.05, 4.69) is 13.8 Å². The number of aliphatic carboxylic acids is 1. The molecule has 0 radical (unpaired) electrons. The summed E-state index contributed by atoms with van der Waals surface area (Å²) in [6.45, 7) is 4.15. The number of aryl methyl sites for hydroxylation is 1. The smallest absolute Gasteiger partial charge is 0.314 e. The van der Waals surface area contributed by atoms with Crippen molar-refractivity contribution in [1.29, 1.82) is 0 Å². The van der Waals surface area contributed by atoms with Crippen molar-refractivity contribution in [1.82, 2.24) is 0 Å². The van der Waals surface area contributed by atoms with Crippen LogP contribution in [-0.4, -0.2) is 23.8 Å². The van der Waals surface area contributed by atoms with E-state index in [1.54, 1.807) is 7.11 Å². The summed E-state index contributed by atoms with van der Waals surface area (Å²) in [4.78, 5) is 11.2. The van der Waals surface area contributed by atoms with Crippen molar-refractivity contribution in [2.75, 3.05) is 7.11 Å². The van der Waals surface area contributed by atoms with Crippen LogP contribution in [0.5, 0.6) is 0 Å². The van der Waals surface area contributed by atoms with Gasteiger partial charge in [0.05, 0.1) is 11.0 Å². The molecule has 1 aliphatic rings. The third-order valence-electron chi connectivity index (χ3n) is 4.23. The fourth-order valence-electron chi connectivity index (χ4n) is 2.29. The van der Waals surface area contributed by atoms with Crippen molar-refractivity contribution < 1.29 is 14.6 Å². The van der Waals surface area contributed by atoms with E-state index in [9.17, 15) is 9.90 Å². The second-order valence-corrected chi connectivity index (χ2v) is 6.05. The van der Waals surface area contributed by atoms with Crippen LogP contribution in [0.25, 0.3) is 0 Å². The maximum atomic E-state index is 11.2. The molecule has 3 heteroatoms. The number of rotatable bonds is 6. The van der Waals surface area contributed by atoms with Crippen molar-refractivity contribution in [3.05, 3.63) is 35.4 Å². The van der Waals surface area contributed by atoms with Crippen LogP contribution < -0.4 is 0 Å². The Morgan fingerprint density at radius 1 is 1.32 bits per heavy atom. The third-order valence-corrected chi connectivity index (χ3v) is 4.23. The van der Waals surface area contributed by atoms with E-state index in [-0.39, 0.29) is 5.60 Å². The first-order valence-electron chi connectivity index (χ1n) is 6.78. The van der Waals surface area contributed by atoms with E-state index in [1.807, 2.05) is 24.3 Å². The van der Waals surface area contributed by atoms with E-state index in [0.29, 0.717) is 0 Å². The predicted octanol–water partition coefficient (Wildman–Crippen LogP) is 3.16. The van der Waals surface area contributed by atoms with Crippen molar-refractivity contribution in [2.45, 2.75) is 50.5 Å². The summed E-state index contributed by atoms with van der Waals surface area (Å²) in [7, 11) is 1.73. The molecule has 1 aliphatic carbocycles. The largest absolute Gasteiger partial charge is 0.481 e. The van der Waals surface area contributed by atoms with Gasteiger partial charge in [0, 0.05) is 7.11 Å². The molecule has 0 aromatic heterocycles. The summed E-state index contributed by atoms with van der Waals surface area (Å²) in [5.41, 5.74) is 1.46. The number of carbonyl (C=O) groups is 1. The van der Waals surface area contributed by atoms with E-state index in [0.717, 1.165) is 31.2 Å². The summed E-state index contributed by atoms with van der Waals surface area (Å²) in [6.07, 6.45) is 3.42. The Balaban J connectivity index is 2.02. The lowest BCUT2D eigenvalue weighted by Gasteiger charge is -2.22. The molecule has 3 nitrogen and oxygen atoms in total. The molecule has 1 aromatic rings. The minimum Gasteiger partial charge on any atom is -0.481 e. The highest BCUT2D eigenvalue weighted by Gasteiger charge is 2.51. The van der Waals surface area contributed by atoms with E-state index >= 15 is 0 Å². The molecule has 2 rings (SSSR count). The lowest BCUT2D eigenvalue weighted by molar-refractivity contribution is -0.140. The Bertz CT molecular complexity index is 455. The summed E-state index contributed by atoms with van der Waals surface area (Å²) >= 11 is 0. The van der Waals surface area contributed by atoms with Gasteiger partial charge >= 0.3 is 5.97 Å². The Kier molecular flexibility index (Phi) is 3.68. The Hall–Kier alpha value is -1.35. The highest BCUT2D eigenvalue weighted by atomic mass is 16.5. The molecular weight excluding hydrogens is 240 g/mol. The molecule has 0 spiro atoms. The van der Waals surface area contributed by atoms with Crippen molar-refractivity contribution in [3.63, 3.8) is 0 Å². The predicted molar refractivity (Wildman–Crippen MR) is 74.4 cm³/mol. The normalized spacial score (nSPS) is 17.2. The van der Waals surface area contributed by atoms with Gasteiger partial charge in [0.2, 0.25) is 0 Å². The van der Waals surface area contributed by atoms with Gasteiger partial charge in [0.25, 0.3) is 0 Å². The van der Waals surface area contributed by atoms with Crippen LogP contribution in [0.15, 0.2) is 24.3 Å². The van der Waals surface area contributed by atoms with E-state index < -0.39 is 11.4 Å². The van der Waals surface area contributed by atoms with E-state index in [4.69, 9.17) is 4.74 Å². The molecular formula is C16H22O3.